The highest BCUT2D eigenvalue weighted by Crippen LogP contribution is 2.39. The lowest BCUT2D eigenvalue weighted by Gasteiger charge is -2.03. The van der Waals surface area contributed by atoms with Gasteiger partial charge in [-0.15, -0.1) is 0 Å². The Kier molecular flexibility index (Phi) is 1.77. The Morgan fingerprint density at radius 1 is 1.19 bits per heavy atom. The van der Waals surface area contributed by atoms with E-state index >= 15 is 0 Å². The van der Waals surface area contributed by atoms with Gasteiger partial charge in [-0.05, 0) is 23.6 Å². The van der Waals surface area contributed by atoms with Crippen molar-refractivity contribution in [2.24, 2.45) is 0 Å². The van der Waals surface area contributed by atoms with Crippen LogP contribution in [0, 0.1) is 0 Å². The highest BCUT2D eigenvalue weighted by molar-refractivity contribution is 5.98. The molecule has 0 saturated carbocycles. The van der Waals surface area contributed by atoms with Crippen LogP contribution < -0.4 is 9.47 Å². The predicted molar refractivity (Wildman–Crippen MR) is 57.0 cm³/mol. The van der Waals surface area contributed by atoms with Crippen LogP contribution in [0.25, 0.3) is 10.8 Å². The highest BCUT2D eigenvalue weighted by atomic mass is 16.7. The second kappa shape index (κ2) is 3.13. The molecule has 0 spiro atoms. The summed E-state index contributed by atoms with van der Waals surface area (Å²) in [5.74, 6) is 0.342. The molecule has 0 amide bonds. The van der Waals surface area contributed by atoms with Crippen LogP contribution >= 0.6 is 0 Å². The van der Waals surface area contributed by atoms with E-state index in [1.54, 1.807) is 18.2 Å². The minimum Gasteiger partial charge on any atom is -0.478 e. The maximum Gasteiger partial charge on any atom is 0.335 e. The Morgan fingerprint density at radius 2 is 2.00 bits per heavy atom. The van der Waals surface area contributed by atoms with Gasteiger partial charge in [0.05, 0.1) is 5.56 Å². The van der Waals surface area contributed by atoms with Gasteiger partial charge in [0.1, 0.15) is 0 Å². The first kappa shape index (κ1) is 9.03. The fourth-order valence-electron chi connectivity index (χ4n) is 1.82. The number of carboxylic acid groups (broad SMARTS) is 1. The molecule has 1 heterocycles. The zero-order valence-corrected chi connectivity index (χ0v) is 8.27. The molecule has 1 N–H and O–H groups in total. The zero-order chi connectivity index (χ0) is 11.1. The third kappa shape index (κ3) is 1.20. The number of hydrogen-bond donors (Lipinski definition) is 1. The number of aromatic carboxylic acids is 1. The maximum atomic E-state index is 10.9. The van der Waals surface area contributed by atoms with Gasteiger partial charge >= 0.3 is 5.97 Å². The molecule has 4 nitrogen and oxygen atoms in total. The molecule has 0 atom stereocenters. The van der Waals surface area contributed by atoms with Crippen LogP contribution in [-0.4, -0.2) is 17.9 Å². The van der Waals surface area contributed by atoms with Gasteiger partial charge in [-0.25, -0.2) is 4.79 Å². The van der Waals surface area contributed by atoms with Crippen molar-refractivity contribution >= 4 is 16.7 Å². The van der Waals surface area contributed by atoms with Crippen molar-refractivity contribution in [2.45, 2.75) is 0 Å². The fraction of sp³-hybridized carbons (Fsp3) is 0.0833. The van der Waals surface area contributed by atoms with Gasteiger partial charge in [-0.2, -0.15) is 0 Å². The number of rotatable bonds is 1. The average molecular weight is 216 g/mol. The van der Waals surface area contributed by atoms with Crippen molar-refractivity contribution in [3.8, 4) is 11.5 Å². The van der Waals surface area contributed by atoms with Crippen molar-refractivity contribution in [3.05, 3.63) is 35.9 Å². The van der Waals surface area contributed by atoms with Crippen molar-refractivity contribution < 1.29 is 19.4 Å². The lowest BCUT2D eigenvalue weighted by atomic mass is 10.1. The van der Waals surface area contributed by atoms with E-state index in [0.717, 1.165) is 10.8 Å². The Labute approximate surface area is 91.0 Å². The molecule has 0 radical (unpaired) electrons. The van der Waals surface area contributed by atoms with Gasteiger partial charge in [-0.1, -0.05) is 12.1 Å². The molecule has 0 aromatic heterocycles. The molecule has 4 heteroatoms. The van der Waals surface area contributed by atoms with Crippen LogP contribution in [0.4, 0.5) is 0 Å². The van der Waals surface area contributed by atoms with Gasteiger partial charge in [-0.3, -0.25) is 0 Å². The third-order valence-electron chi connectivity index (χ3n) is 2.60. The van der Waals surface area contributed by atoms with E-state index in [2.05, 4.69) is 0 Å². The van der Waals surface area contributed by atoms with Gasteiger partial charge in [0.15, 0.2) is 11.5 Å². The summed E-state index contributed by atoms with van der Waals surface area (Å²) in [5, 5.41) is 10.6. The summed E-state index contributed by atoms with van der Waals surface area (Å²) >= 11 is 0. The molecule has 0 saturated heterocycles. The van der Waals surface area contributed by atoms with Gasteiger partial charge in [0.25, 0.3) is 0 Å². The van der Waals surface area contributed by atoms with Crippen molar-refractivity contribution in [3.63, 3.8) is 0 Å². The van der Waals surface area contributed by atoms with E-state index in [0.29, 0.717) is 11.5 Å². The number of carboxylic acids is 1. The number of hydrogen-bond acceptors (Lipinski definition) is 3. The van der Waals surface area contributed by atoms with Crippen molar-refractivity contribution in [1.29, 1.82) is 0 Å². The molecule has 0 unspecified atom stereocenters. The second-order valence-electron chi connectivity index (χ2n) is 3.54. The molecular weight excluding hydrogens is 208 g/mol. The van der Waals surface area contributed by atoms with E-state index in [1.807, 2.05) is 12.1 Å². The largest absolute Gasteiger partial charge is 0.478 e. The van der Waals surface area contributed by atoms with Crippen LogP contribution in [0.1, 0.15) is 10.4 Å². The van der Waals surface area contributed by atoms with Crippen molar-refractivity contribution in [1.82, 2.24) is 0 Å². The molecule has 2 aromatic rings. The fourth-order valence-corrected chi connectivity index (χ4v) is 1.82. The summed E-state index contributed by atoms with van der Waals surface area (Å²) in [5.41, 5.74) is 0.247. The second-order valence-corrected chi connectivity index (χ2v) is 3.54. The Hall–Kier alpha value is -2.23. The Morgan fingerprint density at radius 3 is 2.81 bits per heavy atom. The quantitative estimate of drug-likeness (QED) is 0.794. The first-order chi connectivity index (χ1) is 7.75. The Bertz CT molecular complexity index is 589. The topological polar surface area (TPSA) is 55.8 Å². The minimum absolute atomic E-state index is 0.186. The standard InChI is InChI=1S/C12H8O4/c13-12(14)8-2-1-7-3-4-10-11(9(7)5-8)16-6-15-10/h1-5H,6H2,(H,13,14). The molecule has 0 fully saturated rings. The lowest BCUT2D eigenvalue weighted by Crippen LogP contribution is -1.96. The van der Waals surface area contributed by atoms with Crippen LogP contribution in [0.15, 0.2) is 30.3 Å². The molecule has 2 aromatic carbocycles. The number of benzene rings is 2. The zero-order valence-electron chi connectivity index (χ0n) is 8.27. The van der Waals surface area contributed by atoms with E-state index < -0.39 is 5.97 Å². The number of fused-ring (bicyclic) bond motifs is 3. The average Bonchev–Trinajstić information content (AvgIpc) is 2.76. The molecule has 16 heavy (non-hydrogen) atoms. The Balaban J connectivity index is 2.32. The normalized spacial score (nSPS) is 13.0. The van der Waals surface area contributed by atoms with Gasteiger partial charge < -0.3 is 14.6 Å². The summed E-state index contributed by atoms with van der Waals surface area (Å²) in [6.45, 7) is 0.186. The van der Waals surface area contributed by atoms with Gasteiger partial charge in [0.2, 0.25) is 6.79 Å². The first-order valence-corrected chi connectivity index (χ1v) is 4.81. The first-order valence-electron chi connectivity index (χ1n) is 4.81. The van der Waals surface area contributed by atoms with E-state index in [1.165, 1.54) is 0 Å². The van der Waals surface area contributed by atoms with Crippen LogP contribution in [0.2, 0.25) is 0 Å². The van der Waals surface area contributed by atoms with E-state index in [9.17, 15) is 4.79 Å². The molecule has 1 aliphatic rings. The highest BCUT2D eigenvalue weighted by Gasteiger charge is 2.17. The molecule has 0 aliphatic carbocycles. The molecular formula is C12H8O4. The SMILES string of the molecule is O=C(O)c1ccc2ccc3c(c2c1)OCO3. The van der Waals surface area contributed by atoms with E-state index in [-0.39, 0.29) is 12.4 Å². The summed E-state index contributed by atoms with van der Waals surface area (Å²) < 4.78 is 10.6. The molecule has 0 bridgehead atoms. The number of ether oxygens (including phenoxy) is 2. The summed E-state index contributed by atoms with van der Waals surface area (Å²) in [4.78, 5) is 10.9. The summed E-state index contributed by atoms with van der Waals surface area (Å²) in [7, 11) is 0. The predicted octanol–water partition coefficient (Wildman–Crippen LogP) is 2.27. The monoisotopic (exact) mass is 216 g/mol. The number of carbonyl (C=O) groups is 1. The maximum absolute atomic E-state index is 10.9. The van der Waals surface area contributed by atoms with Gasteiger partial charge in [0, 0.05) is 5.39 Å². The van der Waals surface area contributed by atoms with Crippen molar-refractivity contribution in [2.75, 3.05) is 6.79 Å². The van der Waals surface area contributed by atoms with E-state index in [4.69, 9.17) is 14.6 Å². The molecule has 3 rings (SSSR count). The van der Waals surface area contributed by atoms with Crippen LogP contribution in [0.5, 0.6) is 11.5 Å². The molecule has 80 valence electrons. The summed E-state index contributed by atoms with van der Waals surface area (Å²) in [6, 6.07) is 8.65. The smallest absolute Gasteiger partial charge is 0.335 e. The van der Waals surface area contributed by atoms with Crippen LogP contribution in [0.3, 0.4) is 0 Å². The lowest BCUT2D eigenvalue weighted by molar-refractivity contribution is 0.0697. The minimum atomic E-state index is -0.946. The summed E-state index contributed by atoms with van der Waals surface area (Å²) in [6.07, 6.45) is 0. The molecule has 1 aliphatic heterocycles. The van der Waals surface area contributed by atoms with Crippen LogP contribution in [-0.2, 0) is 0 Å². The third-order valence-corrected chi connectivity index (χ3v) is 2.60.